The van der Waals surface area contributed by atoms with Gasteiger partial charge in [-0.1, -0.05) is 0 Å². The second kappa shape index (κ2) is 6.37. The van der Waals surface area contributed by atoms with Crippen LogP contribution in [0.4, 0.5) is 0 Å². The predicted molar refractivity (Wildman–Crippen MR) is 71.8 cm³/mol. The van der Waals surface area contributed by atoms with Crippen LogP contribution >= 0.6 is 0 Å². The Kier molecular flexibility index (Phi) is 5.35. The molecule has 0 amide bonds. The van der Waals surface area contributed by atoms with Crippen molar-refractivity contribution >= 4 is 11.9 Å². The molecule has 0 saturated heterocycles. The average molecular weight is 271 g/mol. The van der Waals surface area contributed by atoms with Gasteiger partial charge in [-0.3, -0.25) is 9.59 Å². The summed E-state index contributed by atoms with van der Waals surface area (Å²) >= 11 is 0. The summed E-state index contributed by atoms with van der Waals surface area (Å²) in [6.45, 7) is 7.24. The molecule has 0 bridgehead atoms. The summed E-state index contributed by atoms with van der Waals surface area (Å²) in [5.74, 6) is -1.01. The fourth-order valence-electron chi connectivity index (χ4n) is 2.31. The van der Waals surface area contributed by atoms with Gasteiger partial charge in [0, 0.05) is 6.04 Å². The third-order valence-corrected chi connectivity index (χ3v) is 3.32. The molecule has 1 aliphatic carbocycles. The molecule has 19 heavy (non-hydrogen) atoms. The molecule has 1 atom stereocenters. The van der Waals surface area contributed by atoms with Crippen LogP contribution in [0.3, 0.4) is 0 Å². The van der Waals surface area contributed by atoms with Crippen molar-refractivity contribution in [3.8, 4) is 0 Å². The van der Waals surface area contributed by atoms with E-state index in [1.165, 1.54) is 0 Å². The fraction of sp³-hybridized carbons (Fsp3) is 0.857. The van der Waals surface area contributed by atoms with E-state index in [1.807, 2.05) is 20.8 Å². The Bertz CT molecular complexity index is 327. The van der Waals surface area contributed by atoms with Crippen LogP contribution in [0.2, 0.25) is 0 Å². The number of carboxylic acid groups (broad SMARTS) is 1. The standard InChI is InChI=1S/C14H25NO4/c1-9(12(16)17)15-11-7-5-10(6-8-11)13(18)19-14(2,3)4/h9-11,15H,5-8H2,1-4H3,(H,16,17). The van der Waals surface area contributed by atoms with Crippen LogP contribution in [0.1, 0.15) is 53.4 Å². The first-order valence-electron chi connectivity index (χ1n) is 6.91. The topological polar surface area (TPSA) is 75.6 Å². The van der Waals surface area contributed by atoms with E-state index in [9.17, 15) is 9.59 Å². The van der Waals surface area contributed by atoms with Crippen LogP contribution in [0.15, 0.2) is 0 Å². The number of carbonyl (C=O) groups is 2. The molecular weight excluding hydrogens is 246 g/mol. The molecule has 2 N–H and O–H groups in total. The summed E-state index contributed by atoms with van der Waals surface area (Å²) in [5, 5.41) is 11.9. The van der Waals surface area contributed by atoms with Gasteiger partial charge in [0.15, 0.2) is 0 Å². The zero-order chi connectivity index (χ0) is 14.6. The second-order valence-corrected chi connectivity index (χ2v) is 6.31. The quantitative estimate of drug-likeness (QED) is 0.764. The van der Waals surface area contributed by atoms with Crippen molar-refractivity contribution in [3.63, 3.8) is 0 Å². The van der Waals surface area contributed by atoms with E-state index in [4.69, 9.17) is 9.84 Å². The minimum absolute atomic E-state index is 0.0441. The molecular formula is C14H25NO4. The van der Waals surface area contributed by atoms with Crippen LogP contribution in [0.5, 0.6) is 0 Å². The monoisotopic (exact) mass is 271 g/mol. The van der Waals surface area contributed by atoms with E-state index in [1.54, 1.807) is 6.92 Å². The van der Waals surface area contributed by atoms with E-state index >= 15 is 0 Å². The number of aliphatic carboxylic acids is 1. The number of esters is 1. The van der Waals surface area contributed by atoms with Gasteiger partial charge in [0.2, 0.25) is 0 Å². The number of nitrogens with one attached hydrogen (secondary N) is 1. The highest BCUT2D eigenvalue weighted by Crippen LogP contribution is 2.27. The van der Waals surface area contributed by atoms with Crippen molar-refractivity contribution in [3.05, 3.63) is 0 Å². The normalized spacial score (nSPS) is 25.7. The van der Waals surface area contributed by atoms with Crippen molar-refractivity contribution < 1.29 is 19.4 Å². The van der Waals surface area contributed by atoms with Gasteiger partial charge in [-0.25, -0.2) is 0 Å². The van der Waals surface area contributed by atoms with Crippen molar-refractivity contribution in [1.82, 2.24) is 5.32 Å². The molecule has 110 valence electrons. The van der Waals surface area contributed by atoms with E-state index in [-0.39, 0.29) is 17.9 Å². The summed E-state index contributed by atoms with van der Waals surface area (Å²) in [7, 11) is 0. The Labute approximate surface area is 114 Å². The Morgan fingerprint density at radius 2 is 1.74 bits per heavy atom. The molecule has 0 aromatic heterocycles. The number of hydrogen-bond acceptors (Lipinski definition) is 4. The summed E-state index contributed by atoms with van der Waals surface area (Å²) < 4.78 is 5.38. The SMILES string of the molecule is CC(NC1CCC(C(=O)OC(C)(C)C)CC1)C(=O)O. The van der Waals surface area contributed by atoms with E-state index in [2.05, 4.69) is 5.32 Å². The Morgan fingerprint density at radius 3 is 2.16 bits per heavy atom. The molecule has 1 unspecified atom stereocenters. The van der Waals surface area contributed by atoms with Gasteiger partial charge in [-0.15, -0.1) is 0 Å². The molecule has 5 heteroatoms. The Balaban J connectivity index is 2.36. The third kappa shape index (κ3) is 5.59. The lowest BCUT2D eigenvalue weighted by atomic mass is 9.85. The van der Waals surface area contributed by atoms with Gasteiger partial charge in [0.25, 0.3) is 0 Å². The minimum atomic E-state index is -0.839. The van der Waals surface area contributed by atoms with Crippen LogP contribution in [0, 0.1) is 5.92 Å². The third-order valence-electron chi connectivity index (χ3n) is 3.32. The van der Waals surface area contributed by atoms with Gasteiger partial charge >= 0.3 is 11.9 Å². The Hall–Kier alpha value is -1.10. The van der Waals surface area contributed by atoms with Crippen molar-refractivity contribution in [2.24, 2.45) is 5.92 Å². The molecule has 0 spiro atoms. The molecule has 1 rings (SSSR count). The van der Waals surface area contributed by atoms with E-state index in [0.717, 1.165) is 25.7 Å². The van der Waals surface area contributed by atoms with Gasteiger partial charge in [0.05, 0.1) is 5.92 Å². The predicted octanol–water partition coefficient (Wildman–Crippen LogP) is 1.95. The molecule has 1 fully saturated rings. The molecule has 0 radical (unpaired) electrons. The summed E-state index contributed by atoms with van der Waals surface area (Å²) in [6, 6.07) is -0.354. The molecule has 1 aliphatic rings. The number of hydrogen-bond donors (Lipinski definition) is 2. The molecule has 5 nitrogen and oxygen atoms in total. The highest BCUT2D eigenvalue weighted by atomic mass is 16.6. The number of rotatable bonds is 4. The first-order valence-corrected chi connectivity index (χ1v) is 6.91. The maximum Gasteiger partial charge on any atom is 0.320 e. The molecule has 0 aromatic rings. The molecule has 0 aliphatic heterocycles. The maximum absolute atomic E-state index is 11.9. The lowest BCUT2D eigenvalue weighted by Crippen LogP contribution is -2.44. The van der Waals surface area contributed by atoms with E-state index in [0.29, 0.717) is 0 Å². The van der Waals surface area contributed by atoms with Crippen molar-refractivity contribution in [2.45, 2.75) is 71.1 Å². The van der Waals surface area contributed by atoms with E-state index < -0.39 is 17.6 Å². The van der Waals surface area contributed by atoms with Gasteiger partial charge in [-0.05, 0) is 53.4 Å². The van der Waals surface area contributed by atoms with Gasteiger partial charge in [0.1, 0.15) is 11.6 Å². The number of carboxylic acids is 1. The van der Waals surface area contributed by atoms with Gasteiger partial charge in [-0.2, -0.15) is 0 Å². The van der Waals surface area contributed by atoms with Crippen LogP contribution in [0.25, 0.3) is 0 Å². The van der Waals surface area contributed by atoms with Gasteiger partial charge < -0.3 is 15.2 Å². The highest BCUT2D eigenvalue weighted by molar-refractivity contribution is 5.73. The number of carbonyl (C=O) groups excluding carboxylic acids is 1. The fourth-order valence-corrected chi connectivity index (χ4v) is 2.31. The lowest BCUT2D eigenvalue weighted by Gasteiger charge is -2.31. The van der Waals surface area contributed by atoms with Crippen LogP contribution in [-0.2, 0) is 14.3 Å². The molecule has 0 heterocycles. The van der Waals surface area contributed by atoms with Crippen molar-refractivity contribution in [2.75, 3.05) is 0 Å². The second-order valence-electron chi connectivity index (χ2n) is 6.31. The summed E-state index contributed by atoms with van der Waals surface area (Å²) in [6.07, 6.45) is 3.17. The van der Waals surface area contributed by atoms with Crippen molar-refractivity contribution in [1.29, 1.82) is 0 Å². The number of ether oxygens (including phenoxy) is 1. The first kappa shape index (κ1) is 16.0. The molecule has 1 saturated carbocycles. The van der Waals surface area contributed by atoms with Crippen LogP contribution in [-0.4, -0.2) is 34.7 Å². The lowest BCUT2D eigenvalue weighted by molar-refractivity contribution is -0.161. The summed E-state index contributed by atoms with van der Waals surface area (Å²) in [4.78, 5) is 22.7. The zero-order valence-electron chi connectivity index (χ0n) is 12.2. The smallest absolute Gasteiger partial charge is 0.320 e. The maximum atomic E-state index is 11.9. The van der Waals surface area contributed by atoms with Crippen LogP contribution < -0.4 is 5.32 Å². The largest absolute Gasteiger partial charge is 0.480 e. The highest BCUT2D eigenvalue weighted by Gasteiger charge is 2.30. The first-order chi connectivity index (χ1) is 8.69. The summed E-state index contributed by atoms with van der Waals surface area (Å²) in [5.41, 5.74) is -0.440. The minimum Gasteiger partial charge on any atom is -0.480 e. The molecule has 0 aromatic carbocycles. The Morgan fingerprint density at radius 1 is 1.21 bits per heavy atom. The zero-order valence-corrected chi connectivity index (χ0v) is 12.2. The average Bonchev–Trinajstić information content (AvgIpc) is 2.27.